The highest BCUT2D eigenvalue weighted by atomic mass is 35.5. The molecule has 0 amide bonds. The van der Waals surface area contributed by atoms with Crippen molar-refractivity contribution in [1.82, 2.24) is 4.98 Å². The number of carbonyl (C=O) groups excluding carboxylic acids is 1. The van der Waals surface area contributed by atoms with E-state index in [9.17, 15) is 18.0 Å². The molecule has 0 unspecified atom stereocenters. The second-order valence-electron chi connectivity index (χ2n) is 3.50. The maximum atomic E-state index is 12.3. The number of carbonyl (C=O) groups is 1. The van der Waals surface area contributed by atoms with Gasteiger partial charge in [-0.3, -0.25) is 4.79 Å². The summed E-state index contributed by atoms with van der Waals surface area (Å²) in [7, 11) is 1.47. The quantitative estimate of drug-likeness (QED) is 0.460. The normalized spacial score (nSPS) is 11.6. The summed E-state index contributed by atoms with van der Waals surface area (Å²) in [6.45, 7) is 0.219. The van der Waals surface area contributed by atoms with Crippen LogP contribution in [-0.4, -0.2) is 37.7 Å². The summed E-state index contributed by atoms with van der Waals surface area (Å²) in [5, 5.41) is -0.491. The van der Waals surface area contributed by atoms with E-state index in [0.29, 0.717) is 12.7 Å². The second-order valence-corrected chi connectivity index (χ2v) is 3.86. The lowest BCUT2D eigenvalue weighted by atomic mass is 10.2. The van der Waals surface area contributed by atoms with E-state index >= 15 is 0 Å². The summed E-state index contributed by atoms with van der Waals surface area (Å²) in [6, 6.07) is 1.69. The Morgan fingerprint density at radius 2 is 2.05 bits per heavy atom. The van der Waals surface area contributed by atoms with Gasteiger partial charge in [0, 0.05) is 7.11 Å². The summed E-state index contributed by atoms with van der Waals surface area (Å²) in [6.07, 6.45) is -4.60. The Hall–Kier alpha value is -1.18. The van der Waals surface area contributed by atoms with Crippen molar-refractivity contribution in [2.75, 3.05) is 26.9 Å². The highest BCUT2D eigenvalue weighted by Gasteiger charge is 2.33. The van der Waals surface area contributed by atoms with E-state index in [1.54, 1.807) is 0 Å². The zero-order valence-electron chi connectivity index (χ0n) is 9.96. The first-order chi connectivity index (χ1) is 8.86. The minimum Gasteiger partial charge on any atom is -0.382 e. The molecule has 0 N–H and O–H groups in total. The van der Waals surface area contributed by atoms with Crippen LogP contribution in [0.1, 0.15) is 16.1 Å². The molecular weight excluding hydrogens is 287 g/mol. The van der Waals surface area contributed by atoms with Crippen molar-refractivity contribution in [2.45, 2.75) is 6.18 Å². The topological polar surface area (TPSA) is 48.4 Å². The number of Topliss-reactive ketones (excluding diaryl/α,β-unsaturated/α-hetero) is 1. The number of methoxy groups -OCH3 is 1. The summed E-state index contributed by atoms with van der Waals surface area (Å²) >= 11 is 5.56. The molecule has 0 fully saturated rings. The average molecular weight is 298 g/mol. The molecule has 0 spiro atoms. The molecule has 1 heterocycles. The molecule has 1 aromatic rings. The molecule has 0 aliphatic heterocycles. The van der Waals surface area contributed by atoms with Crippen LogP contribution in [0.5, 0.6) is 0 Å². The zero-order chi connectivity index (χ0) is 14.5. The fourth-order valence-electron chi connectivity index (χ4n) is 1.19. The number of hydrogen-bond donors (Lipinski definition) is 0. The van der Waals surface area contributed by atoms with E-state index < -0.39 is 22.8 Å². The lowest BCUT2D eigenvalue weighted by molar-refractivity contribution is -0.141. The monoisotopic (exact) mass is 297 g/mol. The molecule has 1 rings (SSSR count). The standard InChI is InChI=1S/C11H11ClF3NO3/c1-18-4-5-19-6-8(17)7-2-3-9(11(13,14)15)16-10(7)12/h2-3H,4-6H2,1H3. The Kier molecular flexibility index (Phi) is 5.71. The number of aromatic nitrogens is 1. The van der Waals surface area contributed by atoms with Crippen LogP contribution in [0.2, 0.25) is 5.15 Å². The third kappa shape index (κ3) is 4.77. The van der Waals surface area contributed by atoms with Gasteiger partial charge in [-0.2, -0.15) is 13.2 Å². The van der Waals surface area contributed by atoms with Gasteiger partial charge in [-0.25, -0.2) is 4.98 Å². The fourth-order valence-corrected chi connectivity index (χ4v) is 1.44. The van der Waals surface area contributed by atoms with Gasteiger partial charge in [0.25, 0.3) is 0 Å². The fraction of sp³-hybridized carbons (Fsp3) is 0.455. The first-order valence-electron chi connectivity index (χ1n) is 5.20. The van der Waals surface area contributed by atoms with Gasteiger partial charge in [-0.15, -0.1) is 0 Å². The first-order valence-corrected chi connectivity index (χ1v) is 5.57. The third-order valence-corrected chi connectivity index (χ3v) is 2.39. The van der Waals surface area contributed by atoms with E-state index in [1.807, 2.05) is 0 Å². The molecule has 0 radical (unpaired) electrons. The van der Waals surface area contributed by atoms with Crippen molar-refractivity contribution in [1.29, 1.82) is 0 Å². The van der Waals surface area contributed by atoms with Crippen molar-refractivity contribution in [3.63, 3.8) is 0 Å². The number of nitrogens with zero attached hydrogens (tertiary/aromatic N) is 1. The summed E-state index contributed by atoms with van der Waals surface area (Å²) < 4.78 is 46.7. The van der Waals surface area contributed by atoms with Crippen molar-refractivity contribution in [3.8, 4) is 0 Å². The molecule has 0 aliphatic rings. The minimum atomic E-state index is -4.60. The number of hydrogen-bond acceptors (Lipinski definition) is 4. The van der Waals surface area contributed by atoms with Crippen LogP contribution in [0.4, 0.5) is 13.2 Å². The Morgan fingerprint density at radius 3 is 2.58 bits per heavy atom. The lowest BCUT2D eigenvalue weighted by Crippen LogP contribution is -2.14. The van der Waals surface area contributed by atoms with Gasteiger partial charge in [0.05, 0.1) is 18.8 Å². The summed E-state index contributed by atoms with van der Waals surface area (Å²) in [4.78, 5) is 14.8. The van der Waals surface area contributed by atoms with Crippen LogP contribution in [0.25, 0.3) is 0 Å². The van der Waals surface area contributed by atoms with Crippen molar-refractivity contribution < 1.29 is 27.4 Å². The number of halogens is 4. The van der Waals surface area contributed by atoms with Gasteiger partial charge >= 0.3 is 6.18 Å². The Balaban J connectivity index is 2.71. The largest absolute Gasteiger partial charge is 0.433 e. The Bertz CT molecular complexity index is 451. The number of ketones is 1. The van der Waals surface area contributed by atoms with E-state index in [4.69, 9.17) is 21.1 Å². The maximum Gasteiger partial charge on any atom is 0.433 e. The van der Waals surface area contributed by atoms with Gasteiger partial charge in [-0.05, 0) is 12.1 Å². The van der Waals surface area contributed by atoms with Crippen molar-refractivity contribution >= 4 is 17.4 Å². The summed E-state index contributed by atoms with van der Waals surface area (Å²) in [5.41, 5.74) is -1.25. The van der Waals surface area contributed by atoms with Gasteiger partial charge in [0.2, 0.25) is 0 Å². The van der Waals surface area contributed by atoms with Crippen molar-refractivity contribution in [3.05, 3.63) is 28.5 Å². The molecule has 106 valence electrons. The SMILES string of the molecule is COCCOCC(=O)c1ccc(C(F)(F)F)nc1Cl. The number of ether oxygens (including phenoxy) is 2. The molecule has 1 aromatic heterocycles. The minimum absolute atomic E-state index is 0.105. The van der Waals surface area contributed by atoms with Crippen molar-refractivity contribution in [2.24, 2.45) is 0 Å². The van der Waals surface area contributed by atoms with Crippen LogP contribution in [-0.2, 0) is 15.7 Å². The van der Waals surface area contributed by atoms with Gasteiger partial charge in [0.15, 0.2) is 5.78 Å². The lowest BCUT2D eigenvalue weighted by Gasteiger charge is -2.08. The molecule has 0 bridgehead atoms. The Labute approximate surface area is 112 Å². The van der Waals surface area contributed by atoms with E-state index in [0.717, 1.165) is 6.07 Å². The smallest absolute Gasteiger partial charge is 0.382 e. The average Bonchev–Trinajstić information content (AvgIpc) is 2.33. The molecule has 0 aromatic carbocycles. The predicted molar refractivity (Wildman–Crippen MR) is 61.3 cm³/mol. The predicted octanol–water partition coefficient (Wildman–Crippen LogP) is 2.60. The first kappa shape index (κ1) is 15.9. The summed E-state index contributed by atoms with van der Waals surface area (Å²) in [5.74, 6) is -0.540. The van der Waals surface area contributed by atoms with Crippen LogP contribution in [0.3, 0.4) is 0 Å². The number of rotatable bonds is 6. The molecule has 0 atom stereocenters. The van der Waals surface area contributed by atoms with Crippen LogP contribution in [0.15, 0.2) is 12.1 Å². The highest BCUT2D eigenvalue weighted by Crippen LogP contribution is 2.29. The van der Waals surface area contributed by atoms with Crippen LogP contribution < -0.4 is 0 Å². The second kappa shape index (κ2) is 6.83. The van der Waals surface area contributed by atoms with E-state index in [-0.39, 0.29) is 18.8 Å². The van der Waals surface area contributed by atoms with Gasteiger partial charge in [-0.1, -0.05) is 11.6 Å². The van der Waals surface area contributed by atoms with E-state index in [1.165, 1.54) is 7.11 Å². The molecule has 0 saturated heterocycles. The number of pyridine rings is 1. The molecule has 0 aliphatic carbocycles. The molecule has 8 heteroatoms. The number of alkyl halides is 3. The molecule has 4 nitrogen and oxygen atoms in total. The maximum absolute atomic E-state index is 12.3. The highest BCUT2D eigenvalue weighted by molar-refractivity contribution is 6.32. The molecule has 0 saturated carbocycles. The molecule has 19 heavy (non-hydrogen) atoms. The molecular formula is C11H11ClF3NO3. The van der Waals surface area contributed by atoms with Crippen LogP contribution >= 0.6 is 11.6 Å². The zero-order valence-corrected chi connectivity index (χ0v) is 10.7. The van der Waals surface area contributed by atoms with E-state index in [2.05, 4.69) is 4.98 Å². The van der Waals surface area contributed by atoms with Gasteiger partial charge < -0.3 is 9.47 Å². The van der Waals surface area contributed by atoms with Gasteiger partial charge in [0.1, 0.15) is 17.5 Å². The Morgan fingerprint density at radius 1 is 1.37 bits per heavy atom. The van der Waals surface area contributed by atoms with Crippen LogP contribution in [0, 0.1) is 0 Å². The third-order valence-electron chi connectivity index (χ3n) is 2.10.